The lowest BCUT2D eigenvalue weighted by Crippen LogP contribution is -2.31. The molecule has 0 radical (unpaired) electrons. The Morgan fingerprint density at radius 1 is 0.969 bits per heavy atom. The molecule has 162 valence electrons. The third-order valence-corrected chi connectivity index (χ3v) is 5.58. The topological polar surface area (TPSA) is 72.9 Å². The number of rotatable bonds is 6. The van der Waals surface area contributed by atoms with Crippen LogP contribution in [0.4, 0.5) is 0 Å². The van der Waals surface area contributed by atoms with Gasteiger partial charge in [-0.15, -0.1) is 0 Å². The minimum absolute atomic E-state index is 0.0265. The quantitative estimate of drug-likeness (QED) is 0.427. The van der Waals surface area contributed by atoms with Crippen LogP contribution < -0.4 is 4.74 Å². The van der Waals surface area contributed by atoms with E-state index in [4.69, 9.17) is 9.47 Å². The number of amides is 1. The third kappa shape index (κ3) is 4.39. The van der Waals surface area contributed by atoms with E-state index in [1.807, 2.05) is 37.3 Å². The fraction of sp³-hybridized carbons (Fsp3) is 0.192. The first kappa shape index (κ1) is 21.3. The summed E-state index contributed by atoms with van der Waals surface area (Å²) < 4.78 is 10.3. The van der Waals surface area contributed by atoms with Crippen LogP contribution in [0.2, 0.25) is 0 Å². The Hall–Kier alpha value is -3.93. The fourth-order valence-corrected chi connectivity index (χ4v) is 3.79. The summed E-state index contributed by atoms with van der Waals surface area (Å²) in [7, 11) is 1.33. The molecular weight excluding hydrogens is 406 g/mol. The number of aryl methyl sites for hydroxylation is 1. The number of hydrogen-bond acceptors (Lipinski definition) is 5. The normalized spacial score (nSPS) is 13.4. The van der Waals surface area contributed by atoms with Crippen LogP contribution in [0, 0.1) is 6.92 Å². The summed E-state index contributed by atoms with van der Waals surface area (Å²) in [5, 5.41) is 0. The van der Waals surface area contributed by atoms with Gasteiger partial charge >= 0.3 is 11.9 Å². The molecule has 1 heterocycles. The van der Waals surface area contributed by atoms with E-state index in [9.17, 15) is 14.4 Å². The minimum atomic E-state index is -0.496. The first-order valence-corrected chi connectivity index (χ1v) is 10.3. The first-order chi connectivity index (χ1) is 15.5. The molecule has 6 heteroatoms. The molecule has 0 saturated heterocycles. The molecule has 1 atom stereocenters. The zero-order valence-electron chi connectivity index (χ0n) is 17.9. The Morgan fingerprint density at radius 2 is 1.66 bits per heavy atom. The molecule has 0 saturated carbocycles. The van der Waals surface area contributed by atoms with Crippen molar-refractivity contribution >= 4 is 17.8 Å². The fourth-order valence-electron chi connectivity index (χ4n) is 3.79. The number of hydrogen-bond donors (Lipinski definition) is 0. The van der Waals surface area contributed by atoms with Crippen molar-refractivity contribution in [2.24, 2.45) is 0 Å². The minimum Gasteiger partial charge on any atom is -0.469 e. The number of fused-ring (bicyclic) bond motifs is 1. The van der Waals surface area contributed by atoms with Crippen molar-refractivity contribution in [2.45, 2.75) is 25.9 Å². The second kappa shape index (κ2) is 9.06. The van der Waals surface area contributed by atoms with E-state index in [-0.39, 0.29) is 12.3 Å². The Kier molecular flexibility index (Phi) is 6.03. The Balaban J connectivity index is 1.54. The van der Waals surface area contributed by atoms with Crippen molar-refractivity contribution in [2.75, 3.05) is 7.11 Å². The highest BCUT2D eigenvalue weighted by molar-refractivity contribution is 5.98. The van der Waals surface area contributed by atoms with Crippen molar-refractivity contribution in [1.82, 2.24) is 4.90 Å². The van der Waals surface area contributed by atoms with Crippen LogP contribution >= 0.6 is 0 Å². The van der Waals surface area contributed by atoms with Gasteiger partial charge in [-0.25, -0.2) is 4.79 Å². The molecule has 0 N–H and O–H groups in total. The van der Waals surface area contributed by atoms with E-state index in [2.05, 4.69) is 0 Å². The molecule has 1 unspecified atom stereocenters. The summed E-state index contributed by atoms with van der Waals surface area (Å²) in [6, 6.07) is 20.9. The molecule has 3 aromatic carbocycles. The molecule has 0 aromatic heterocycles. The molecule has 1 amide bonds. The number of carbonyl (C=O) groups is 3. The summed E-state index contributed by atoms with van der Waals surface area (Å²) in [6.07, 6.45) is 0.0265. The van der Waals surface area contributed by atoms with Gasteiger partial charge in [-0.3, -0.25) is 9.59 Å². The van der Waals surface area contributed by atoms with Crippen molar-refractivity contribution in [3.63, 3.8) is 0 Å². The molecule has 0 spiro atoms. The second-order valence-electron chi connectivity index (χ2n) is 7.71. The predicted octanol–water partition coefficient (Wildman–Crippen LogP) is 4.47. The van der Waals surface area contributed by atoms with Crippen LogP contribution in [0.1, 0.15) is 49.9 Å². The van der Waals surface area contributed by atoms with E-state index in [1.165, 1.54) is 7.11 Å². The van der Waals surface area contributed by atoms with E-state index < -0.39 is 18.0 Å². The highest BCUT2D eigenvalue weighted by Crippen LogP contribution is 2.34. The zero-order valence-corrected chi connectivity index (χ0v) is 17.9. The van der Waals surface area contributed by atoms with Crippen LogP contribution in [0.5, 0.6) is 5.75 Å². The maximum absolute atomic E-state index is 13.0. The average molecular weight is 429 g/mol. The van der Waals surface area contributed by atoms with E-state index in [0.29, 0.717) is 23.4 Å². The van der Waals surface area contributed by atoms with Gasteiger partial charge in [0.2, 0.25) is 0 Å². The number of methoxy groups -OCH3 is 1. The van der Waals surface area contributed by atoms with Gasteiger partial charge in [0.25, 0.3) is 5.91 Å². The first-order valence-electron chi connectivity index (χ1n) is 10.3. The molecule has 3 aromatic rings. The second-order valence-corrected chi connectivity index (χ2v) is 7.71. The summed E-state index contributed by atoms with van der Waals surface area (Å²) in [5.41, 5.74) is 3.85. The zero-order chi connectivity index (χ0) is 22.7. The van der Waals surface area contributed by atoms with E-state index >= 15 is 0 Å². The highest BCUT2D eigenvalue weighted by Gasteiger charge is 2.34. The van der Waals surface area contributed by atoms with Gasteiger partial charge in [0, 0.05) is 12.1 Å². The lowest BCUT2D eigenvalue weighted by atomic mass is 10.0. The summed E-state index contributed by atoms with van der Waals surface area (Å²) in [5.74, 6) is -0.598. The standard InChI is InChI=1S/C26H23NO5/c1-17-7-9-19(10-8-17)26(30)32-21-13-11-18(12-14-21)23(15-24(28)31-2)27-16-20-5-3-4-6-22(20)25(27)29/h3-14,23H,15-16H2,1-2H3. The molecule has 0 aliphatic carbocycles. The molecule has 1 aliphatic rings. The molecule has 1 aliphatic heterocycles. The van der Waals surface area contributed by atoms with Crippen LogP contribution in [0.15, 0.2) is 72.8 Å². The third-order valence-electron chi connectivity index (χ3n) is 5.58. The maximum atomic E-state index is 13.0. The van der Waals surface area contributed by atoms with Crippen molar-refractivity contribution in [1.29, 1.82) is 0 Å². The molecule has 32 heavy (non-hydrogen) atoms. The van der Waals surface area contributed by atoms with Crippen LogP contribution in [0.25, 0.3) is 0 Å². The van der Waals surface area contributed by atoms with Gasteiger partial charge in [0.15, 0.2) is 0 Å². The number of carbonyl (C=O) groups excluding carboxylic acids is 3. The van der Waals surface area contributed by atoms with Crippen molar-refractivity contribution in [3.8, 4) is 5.75 Å². The maximum Gasteiger partial charge on any atom is 0.343 e. The number of ether oxygens (including phenoxy) is 2. The van der Waals surface area contributed by atoms with Gasteiger partial charge in [-0.05, 0) is 48.4 Å². The smallest absolute Gasteiger partial charge is 0.343 e. The number of esters is 2. The van der Waals surface area contributed by atoms with Crippen molar-refractivity contribution in [3.05, 3.63) is 101 Å². The van der Waals surface area contributed by atoms with Crippen LogP contribution in [-0.4, -0.2) is 29.9 Å². The Morgan fingerprint density at radius 3 is 2.31 bits per heavy atom. The van der Waals surface area contributed by atoms with Gasteiger partial charge in [0.05, 0.1) is 25.1 Å². The lowest BCUT2D eigenvalue weighted by molar-refractivity contribution is -0.141. The van der Waals surface area contributed by atoms with Crippen LogP contribution in [-0.2, 0) is 16.1 Å². The number of nitrogens with zero attached hydrogens (tertiary/aromatic N) is 1. The van der Waals surface area contributed by atoms with Gasteiger partial charge in [-0.2, -0.15) is 0 Å². The molecule has 6 nitrogen and oxygen atoms in total. The predicted molar refractivity (Wildman–Crippen MR) is 118 cm³/mol. The summed E-state index contributed by atoms with van der Waals surface area (Å²) in [4.78, 5) is 39.1. The monoisotopic (exact) mass is 429 g/mol. The van der Waals surface area contributed by atoms with Crippen LogP contribution in [0.3, 0.4) is 0 Å². The van der Waals surface area contributed by atoms with E-state index in [1.54, 1.807) is 47.4 Å². The largest absolute Gasteiger partial charge is 0.469 e. The molecule has 0 fully saturated rings. The molecule has 0 bridgehead atoms. The van der Waals surface area contributed by atoms with Crippen molar-refractivity contribution < 1.29 is 23.9 Å². The SMILES string of the molecule is COC(=O)CC(c1ccc(OC(=O)c2ccc(C)cc2)cc1)N1Cc2ccccc2C1=O. The molecular formula is C26H23NO5. The lowest BCUT2D eigenvalue weighted by Gasteiger charge is -2.27. The molecule has 4 rings (SSSR count). The summed E-state index contributed by atoms with van der Waals surface area (Å²) in [6.45, 7) is 2.36. The Labute approximate surface area is 186 Å². The highest BCUT2D eigenvalue weighted by atomic mass is 16.5. The van der Waals surface area contributed by atoms with Gasteiger partial charge in [-0.1, -0.05) is 48.0 Å². The Bertz CT molecular complexity index is 1150. The number of benzene rings is 3. The summed E-state index contributed by atoms with van der Waals surface area (Å²) >= 11 is 0. The average Bonchev–Trinajstić information content (AvgIpc) is 3.14. The van der Waals surface area contributed by atoms with Gasteiger partial charge in [0.1, 0.15) is 5.75 Å². The van der Waals surface area contributed by atoms with E-state index in [0.717, 1.165) is 16.7 Å². The van der Waals surface area contributed by atoms with Gasteiger partial charge < -0.3 is 14.4 Å².